The molecule has 1 heterocycles. The summed E-state index contributed by atoms with van der Waals surface area (Å²) in [6.07, 6.45) is -1.07. The van der Waals surface area contributed by atoms with E-state index < -0.39 is 29.8 Å². The van der Waals surface area contributed by atoms with Crippen molar-refractivity contribution in [2.45, 2.75) is 32.8 Å². The van der Waals surface area contributed by atoms with Crippen LogP contribution in [-0.4, -0.2) is 28.4 Å². The molecule has 0 spiro atoms. The third-order valence-corrected chi connectivity index (χ3v) is 5.29. The second-order valence-corrected chi connectivity index (χ2v) is 9.62. The van der Waals surface area contributed by atoms with Gasteiger partial charge in [0.15, 0.2) is 5.78 Å². The number of carbonyl (C=O) groups excluding carboxylic acids is 3. The average molecular weight is 506 g/mol. The second kappa shape index (κ2) is 9.03. The molecular formula is C21H20BrN3O5S. The molecule has 0 aliphatic carbocycles. The van der Waals surface area contributed by atoms with E-state index in [-0.39, 0.29) is 4.87 Å². The maximum Gasteiger partial charge on any atom is 0.412 e. The molecular weight excluding hydrogens is 486 g/mol. The van der Waals surface area contributed by atoms with E-state index in [9.17, 15) is 19.2 Å². The van der Waals surface area contributed by atoms with Gasteiger partial charge in [-0.1, -0.05) is 27.3 Å². The highest BCUT2D eigenvalue weighted by molar-refractivity contribution is 9.10. The Hall–Kier alpha value is -2.98. The summed E-state index contributed by atoms with van der Waals surface area (Å²) < 4.78 is 6.56. The van der Waals surface area contributed by atoms with Crippen LogP contribution < -0.4 is 15.5 Å². The first-order chi connectivity index (χ1) is 14.5. The van der Waals surface area contributed by atoms with Crippen LogP contribution in [0.2, 0.25) is 0 Å². The normalized spacial score (nSPS) is 11.2. The van der Waals surface area contributed by atoms with Crippen molar-refractivity contribution in [2.24, 2.45) is 0 Å². The van der Waals surface area contributed by atoms with Crippen LogP contribution in [0.3, 0.4) is 0 Å². The summed E-state index contributed by atoms with van der Waals surface area (Å²) in [6.45, 7) is 5.23. The number of hydrogen-bond acceptors (Lipinski definition) is 6. The smallest absolute Gasteiger partial charge is 0.412 e. The number of aromatic amines is 1. The Morgan fingerprint density at radius 1 is 1.06 bits per heavy atom. The number of benzene rings is 2. The van der Waals surface area contributed by atoms with Crippen molar-refractivity contribution in [1.82, 2.24) is 4.98 Å². The van der Waals surface area contributed by atoms with Gasteiger partial charge in [-0.15, -0.1) is 0 Å². The third-order valence-electron chi connectivity index (χ3n) is 3.96. The monoisotopic (exact) mass is 505 g/mol. The number of thiazole rings is 1. The van der Waals surface area contributed by atoms with E-state index in [2.05, 4.69) is 31.5 Å². The highest BCUT2D eigenvalue weighted by Crippen LogP contribution is 2.27. The molecule has 0 saturated heterocycles. The summed E-state index contributed by atoms with van der Waals surface area (Å²) in [6, 6.07) is 9.70. The molecule has 2 aromatic carbocycles. The van der Waals surface area contributed by atoms with E-state index in [0.29, 0.717) is 31.6 Å². The maximum atomic E-state index is 12.5. The highest BCUT2D eigenvalue weighted by atomic mass is 79.9. The number of Topliss-reactive ketones (excluding diaryl/α,β-unsaturated/α-hetero) is 1. The zero-order valence-corrected chi connectivity index (χ0v) is 19.4. The van der Waals surface area contributed by atoms with Gasteiger partial charge in [0.05, 0.1) is 28.0 Å². The van der Waals surface area contributed by atoms with Gasteiger partial charge < -0.3 is 15.0 Å². The van der Waals surface area contributed by atoms with E-state index >= 15 is 0 Å². The Kier molecular flexibility index (Phi) is 6.61. The highest BCUT2D eigenvalue weighted by Gasteiger charge is 2.19. The van der Waals surface area contributed by atoms with Crippen LogP contribution in [0, 0.1) is 0 Å². The minimum absolute atomic E-state index is 0.211. The Balaban J connectivity index is 1.71. The Morgan fingerprint density at radius 2 is 1.81 bits per heavy atom. The molecule has 0 radical (unpaired) electrons. The van der Waals surface area contributed by atoms with Crippen molar-refractivity contribution in [3.63, 3.8) is 0 Å². The van der Waals surface area contributed by atoms with Crippen molar-refractivity contribution < 1.29 is 19.1 Å². The summed E-state index contributed by atoms with van der Waals surface area (Å²) in [7, 11) is 0. The summed E-state index contributed by atoms with van der Waals surface area (Å²) in [5.74, 6) is -0.936. The SMILES string of the molecule is CC(C)(C)OC(=O)Nc1ccc(Br)cc1NC(=O)CC(=O)c1ccc2[nH]c(=O)sc2c1. The number of anilines is 2. The van der Waals surface area contributed by atoms with Gasteiger partial charge >= 0.3 is 11.0 Å². The van der Waals surface area contributed by atoms with Crippen LogP contribution in [0.5, 0.6) is 0 Å². The number of halogens is 1. The van der Waals surface area contributed by atoms with Gasteiger partial charge in [-0.2, -0.15) is 0 Å². The van der Waals surface area contributed by atoms with E-state index in [0.717, 1.165) is 11.3 Å². The van der Waals surface area contributed by atoms with Crippen molar-refractivity contribution in [1.29, 1.82) is 0 Å². The minimum Gasteiger partial charge on any atom is -0.444 e. The molecule has 0 unspecified atom stereocenters. The molecule has 3 rings (SSSR count). The topological polar surface area (TPSA) is 117 Å². The summed E-state index contributed by atoms with van der Waals surface area (Å²) in [5.41, 5.74) is 0.945. The maximum absolute atomic E-state index is 12.5. The number of ether oxygens (including phenoxy) is 1. The third kappa shape index (κ3) is 6.25. The number of hydrogen-bond donors (Lipinski definition) is 3. The van der Waals surface area contributed by atoms with E-state index in [1.54, 1.807) is 57.2 Å². The van der Waals surface area contributed by atoms with Crippen LogP contribution in [0.1, 0.15) is 37.6 Å². The van der Waals surface area contributed by atoms with Crippen LogP contribution in [0.25, 0.3) is 10.2 Å². The molecule has 0 aliphatic rings. The molecule has 1 aromatic heterocycles. The van der Waals surface area contributed by atoms with Gasteiger partial charge in [-0.25, -0.2) is 4.79 Å². The lowest BCUT2D eigenvalue weighted by Crippen LogP contribution is -2.27. The average Bonchev–Trinajstić information content (AvgIpc) is 3.01. The van der Waals surface area contributed by atoms with Crippen molar-refractivity contribution in [3.8, 4) is 0 Å². The van der Waals surface area contributed by atoms with Gasteiger partial charge in [0, 0.05) is 10.0 Å². The van der Waals surface area contributed by atoms with Crippen molar-refractivity contribution in [3.05, 3.63) is 56.1 Å². The molecule has 0 atom stereocenters. The number of H-pyrrole nitrogens is 1. The molecule has 0 fully saturated rings. The van der Waals surface area contributed by atoms with Gasteiger partial charge in [0.2, 0.25) is 5.91 Å². The lowest BCUT2D eigenvalue weighted by molar-refractivity contribution is -0.115. The molecule has 0 bridgehead atoms. The summed E-state index contributed by atoms with van der Waals surface area (Å²) in [4.78, 5) is 51.0. The molecule has 0 saturated carbocycles. The number of nitrogens with one attached hydrogen (secondary N) is 3. The zero-order valence-electron chi connectivity index (χ0n) is 17.0. The number of carbonyl (C=O) groups is 3. The largest absolute Gasteiger partial charge is 0.444 e. The standard InChI is InChI=1S/C21H20BrN3O5S/c1-21(2,3)30-19(28)24-13-7-5-12(22)9-15(13)23-18(27)10-16(26)11-4-6-14-17(8-11)31-20(29)25-14/h4-9H,10H2,1-3H3,(H,23,27)(H,24,28)(H,25,29). The number of amides is 2. The molecule has 0 aliphatic heterocycles. The predicted octanol–water partition coefficient (Wildman–Crippen LogP) is 4.91. The van der Waals surface area contributed by atoms with Gasteiger partial charge in [-0.3, -0.25) is 19.7 Å². The Labute approximate surface area is 190 Å². The first kappa shape index (κ1) is 22.7. The van der Waals surface area contributed by atoms with E-state index in [1.165, 1.54) is 0 Å². The molecule has 3 aromatic rings. The van der Waals surface area contributed by atoms with Crippen LogP contribution in [-0.2, 0) is 9.53 Å². The Morgan fingerprint density at radius 3 is 2.52 bits per heavy atom. The number of aromatic nitrogens is 1. The van der Waals surface area contributed by atoms with Crippen LogP contribution >= 0.6 is 27.3 Å². The number of rotatable bonds is 5. The first-order valence-corrected chi connectivity index (χ1v) is 10.9. The van der Waals surface area contributed by atoms with Crippen molar-refractivity contribution >= 4 is 66.6 Å². The fourth-order valence-corrected chi connectivity index (χ4v) is 3.84. The van der Waals surface area contributed by atoms with E-state index in [1.807, 2.05) is 0 Å². The lowest BCUT2D eigenvalue weighted by atomic mass is 10.1. The summed E-state index contributed by atoms with van der Waals surface area (Å²) in [5, 5.41) is 5.24. The minimum atomic E-state index is -0.677. The van der Waals surface area contributed by atoms with Crippen LogP contribution in [0.4, 0.5) is 16.2 Å². The molecule has 10 heteroatoms. The van der Waals surface area contributed by atoms with Crippen molar-refractivity contribution in [2.75, 3.05) is 10.6 Å². The van der Waals surface area contributed by atoms with E-state index in [4.69, 9.17) is 4.74 Å². The predicted molar refractivity (Wildman–Crippen MR) is 124 cm³/mol. The second-order valence-electron chi connectivity index (χ2n) is 7.69. The fraction of sp³-hybridized carbons (Fsp3) is 0.238. The molecule has 31 heavy (non-hydrogen) atoms. The number of fused-ring (bicyclic) bond motifs is 1. The molecule has 3 N–H and O–H groups in total. The van der Waals surface area contributed by atoms with Crippen LogP contribution in [0.15, 0.2) is 45.7 Å². The number of ketones is 1. The van der Waals surface area contributed by atoms with Gasteiger partial charge in [-0.05, 0) is 57.2 Å². The van der Waals surface area contributed by atoms with Gasteiger partial charge in [0.25, 0.3) is 0 Å². The first-order valence-electron chi connectivity index (χ1n) is 9.26. The Bertz CT molecular complexity index is 1230. The molecule has 162 valence electrons. The quantitative estimate of drug-likeness (QED) is 0.336. The zero-order chi connectivity index (χ0) is 22.8. The molecule has 8 nitrogen and oxygen atoms in total. The lowest BCUT2D eigenvalue weighted by Gasteiger charge is -2.20. The van der Waals surface area contributed by atoms with Gasteiger partial charge in [0.1, 0.15) is 5.60 Å². The summed E-state index contributed by atoms with van der Waals surface area (Å²) >= 11 is 4.32. The molecule has 2 amide bonds. The fourth-order valence-electron chi connectivity index (χ4n) is 2.70.